The summed E-state index contributed by atoms with van der Waals surface area (Å²) in [4.78, 5) is 30.8. The molecule has 1 saturated heterocycles. The first-order chi connectivity index (χ1) is 12.9. The van der Waals surface area contributed by atoms with Crippen LogP contribution in [-0.4, -0.2) is 93.5 Å². The molecule has 2 amide bonds. The van der Waals surface area contributed by atoms with Crippen molar-refractivity contribution in [1.29, 1.82) is 0 Å². The van der Waals surface area contributed by atoms with Crippen LogP contribution in [0.5, 0.6) is 0 Å². The predicted octanol–water partition coefficient (Wildman–Crippen LogP) is 0.0775. The van der Waals surface area contributed by atoms with Crippen LogP contribution >= 0.6 is 0 Å². The lowest BCUT2D eigenvalue weighted by Gasteiger charge is -2.38. The molecule has 0 bridgehead atoms. The van der Waals surface area contributed by atoms with E-state index >= 15 is 0 Å². The largest absolute Gasteiger partial charge is 0.347 e. The highest BCUT2D eigenvalue weighted by atomic mass is 16.2. The van der Waals surface area contributed by atoms with Crippen molar-refractivity contribution in [3.63, 3.8) is 0 Å². The van der Waals surface area contributed by atoms with Crippen molar-refractivity contribution in [2.45, 2.75) is 13.0 Å². The van der Waals surface area contributed by atoms with Crippen molar-refractivity contribution in [3.8, 4) is 0 Å². The minimum absolute atomic E-state index is 0.0674. The fourth-order valence-corrected chi connectivity index (χ4v) is 3.12. The van der Waals surface area contributed by atoms with Crippen LogP contribution in [0.4, 0.5) is 0 Å². The number of rotatable bonds is 7. The normalized spacial score (nSPS) is 16.9. The molecule has 2 rings (SSSR count). The summed E-state index contributed by atoms with van der Waals surface area (Å²) in [6.07, 6.45) is 0. The summed E-state index contributed by atoms with van der Waals surface area (Å²) in [5.41, 5.74) is 2.37. The first-order valence-corrected chi connectivity index (χ1v) is 9.56. The smallest absolute Gasteiger partial charge is 0.309 e. The van der Waals surface area contributed by atoms with Crippen molar-refractivity contribution in [2.24, 2.45) is 0 Å². The zero-order valence-electron chi connectivity index (χ0n) is 17.0. The third-order valence-electron chi connectivity index (χ3n) is 4.95. The number of carbonyl (C=O) groups is 2. The summed E-state index contributed by atoms with van der Waals surface area (Å²) in [7, 11) is 5.97. The number of benzene rings is 1. The summed E-state index contributed by atoms with van der Waals surface area (Å²) in [6.45, 7) is 7.54. The van der Waals surface area contributed by atoms with Crippen LogP contribution < -0.4 is 10.6 Å². The maximum absolute atomic E-state index is 12.2. The van der Waals surface area contributed by atoms with Crippen LogP contribution in [0.3, 0.4) is 0 Å². The zero-order chi connectivity index (χ0) is 19.8. The SMILES string of the molecule is Cc1ccc(C(CNC(=O)C(=O)NCCN(C)C)N2CCN(C)CC2)cc1. The van der Waals surface area contributed by atoms with Gasteiger partial charge >= 0.3 is 11.8 Å². The minimum atomic E-state index is -0.571. The molecule has 1 aromatic rings. The number of carbonyl (C=O) groups excluding carboxylic acids is 2. The van der Waals surface area contributed by atoms with Crippen LogP contribution in [0, 0.1) is 6.92 Å². The molecular formula is C20H33N5O2. The number of aryl methyl sites for hydroxylation is 1. The van der Waals surface area contributed by atoms with E-state index in [1.165, 1.54) is 11.1 Å². The number of amides is 2. The van der Waals surface area contributed by atoms with E-state index in [0.717, 1.165) is 26.2 Å². The van der Waals surface area contributed by atoms with Gasteiger partial charge in [0.25, 0.3) is 0 Å². The topological polar surface area (TPSA) is 67.9 Å². The van der Waals surface area contributed by atoms with Gasteiger partial charge < -0.3 is 20.4 Å². The van der Waals surface area contributed by atoms with Gasteiger partial charge in [-0.1, -0.05) is 29.8 Å². The minimum Gasteiger partial charge on any atom is -0.347 e. The van der Waals surface area contributed by atoms with E-state index in [1.807, 2.05) is 19.0 Å². The van der Waals surface area contributed by atoms with Gasteiger partial charge in [-0.2, -0.15) is 0 Å². The highest BCUT2D eigenvalue weighted by Crippen LogP contribution is 2.22. The van der Waals surface area contributed by atoms with E-state index in [1.54, 1.807) is 0 Å². The molecule has 1 aromatic carbocycles. The molecule has 0 saturated carbocycles. The Kier molecular flexibility index (Phi) is 8.22. The first-order valence-electron chi connectivity index (χ1n) is 9.56. The highest BCUT2D eigenvalue weighted by Gasteiger charge is 2.25. The molecule has 0 aliphatic carbocycles. The number of hydrogen-bond donors (Lipinski definition) is 2. The first kappa shape index (κ1) is 21.3. The molecule has 2 N–H and O–H groups in total. The third kappa shape index (κ3) is 6.93. The predicted molar refractivity (Wildman–Crippen MR) is 108 cm³/mol. The summed E-state index contributed by atoms with van der Waals surface area (Å²) >= 11 is 0. The lowest BCUT2D eigenvalue weighted by atomic mass is 10.0. The van der Waals surface area contributed by atoms with Crippen LogP contribution in [0.25, 0.3) is 0 Å². The maximum Gasteiger partial charge on any atom is 0.309 e. The summed E-state index contributed by atoms with van der Waals surface area (Å²) in [5, 5.41) is 5.48. The van der Waals surface area contributed by atoms with Crippen LogP contribution in [0.1, 0.15) is 17.2 Å². The van der Waals surface area contributed by atoms with E-state index < -0.39 is 11.8 Å². The van der Waals surface area contributed by atoms with E-state index in [4.69, 9.17) is 0 Å². The van der Waals surface area contributed by atoms with Crippen molar-refractivity contribution in [3.05, 3.63) is 35.4 Å². The Labute approximate surface area is 162 Å². The van der Waals surface area contributed by atoms with Crippen molar-refractivity contribution in [1.82, 2.24) is 25.3 Å². The van der Waals surface area contributed by atoms with Gasteiger partial charge in [-0.15, -0.1) is 0 Å². The number of hydrogen-bond acceptors (Lipinski definition) is 5. The Hall–Kier alpha value is -1.96. The third-order valence-corrected chi connectivity index (χ3v) is 4.95. The molecule has 7 nitrogen and oxygen atoms in total. The van der Waals surface area contributed by atoms with Gasteiger partial charge in [0.1, 0.15) is 0 Å². The molecular weight excluding hydrogens is 342 g/mol. The molecule has 0 radical (unpaired) electrons. The molecule has 1 aliphatic heterocycles. The maximum atomic E-state index is 12.2. The Balaban J connectivity index is 1.96. The van der Waals surface area contributed by atoms with E-state index in [9.17, 15) is 9.59 Å². The average molecular weight is 376 g/mol. The van der Waals surface area contributed by atoms with Gasteiger partial charge in [0, 0.05) is 45.8 Å². The second-order valence-corrected chi connectivity index (χ2v) is 7.53. The van der Waals surface area contributed by atoms with Crippen molar-refractivity contribution >= 4 is 11.8 Å². The van der Waals surface area contributed by atoms with E-state index in [0.29, 0.717) is 19.6 Å². The van der Waals surface area contributed by atoms with Gasteiger partial charge in [-0.25, -0.2) is 0 Å². The Morgan fingerprint density at radius 3 is 2.22 bits per heavy atom. The molecule has 7 heteroatoms. The molecule has 0 aromatic heterocycles. The van der Waals surface area contributed by atoms with Gasteiger partial charge in [0.2, 0.25) is 0 Å². The summed E-state index contributed by atoms with van der Waals surface area (Å²) in [5.74, 6) is -1.14. The monoisotopic (exact) mass is 375 g/mol. The van der Waals surface area contributed by atoms with Crippen LogP contribution in [0.2, 0.25) is 0 Å². The van der Waals surface area contributed by atoms with Gasteiger partial charge in [-0.05, 0) is 33.6 Å². The lowest BCUT2D eigenvalue weighted by Crippen LogP contribution is -2.50. The van der Waals surface area contributed by atoms with Crippen molar-refractivity contribution in [2.75, 3.05) is 67.0 Å². The highest BCUT2D eigenvalue weighted by molar-refractivity contribution is 6.35. The fraction of sp³-hybridized carbons (Fsp3) is 0.600. The molecule has 27 heavy (non-hydrogen) atoms. The molecule has 1 heterocycles. The molecule has 1 unspecified atom stereocenters. The Morgan fingerprint density at radius 2 is 1.63 bits per heavy atom. The Bertz CT molecular complexity index is 609. The second-order valence-electron chi connectivity index (χ2n) is 7.53. The summed E-state index contributed by atoms with van der Waals surface area (Å²) < 4.78 is 0. The van der Waals surface area contributed by atoms with Gasteiger partial charge in [0.05, 0.1) is 6.04 Å². The number of piperazine rings is 1. The number of nitrogens with one attached hydrogen (secondary N) is 2. The molecule has 150 valence electrons. The quantitative estimate of drug-likeness (QED) is 0.661. The fourth-order valence-electron chi connectivity index (χ4n) is 3.12. The van der Waals surface area contributed by atoms with E-state index in [2.05, 4.69) is 58.7 Å². The number of nitrogens with zero attached hydrogens (tertiary/aromatic N) is 3. The standard InChI is InChI=1S/C20H33N5O2/c1-16-5-7-17(8-6-16)18(25-13-11-24(4)12-14-25)15-22-20(27)19(26)21-9-10-23(2)3/h5-8,18H,9-15H2,1-4H3,(H,21,26)(H,22,27). The van der Waals surface area contributed by atoms with Crippen molar-refractivity contribution < 1.29 is 9.59 Å². The second kappa shape index (κ2) is 10.4. The number of likely N-dealkylation sites (N-methyl/N-ethyl adjacent to an activating group) is 2. The zero-order valence-corrected chi connectivity index (χ0v) is 17.0. The lowest BCUT2D eigenvalue weighted by molar-refractivity contribution is -0.139. The molecule has 1 atom stereocenters. The molecule has 1 fully saturated rings. The van der Waals surface area contributed by atoms with Gasteiger partial charge in [0.15, 0.2) is 0 Å². The van der Waals surface area contributed by atoms with Gasteiger partial charge in [-0.3, -0.25) is 14.5 Å². The van der Waals surface area contributed by atoms with E-state index in [-0.39, 0.29) is 6.04 Å². The molecule has 0 spiro atoms. The van der Waals surface area contributed by atoms with Crippen LogP contribution in [-0.2, 0) is 9.59 Å². The average Bonchev–Trinajstić information content (AvgIpc) is 2.64. The Morgan fingerprint density at radius 1 is 1.04 bits per heavy atom. The summed E-state index contributed by atoms with van der Waals surface area (Å²) in [6, 6.07) is 8.48. The molecule has 1 aliphatic rings. The van der Waals surface area contributed by atoms with Crippen LogP contribution in [0.15, 0.2) is 24.3 Å².